The number of nitrogens with zero attached hydrogens (tertiary/aromatic N) is 1. The molecule has 19 heavy (non-hydrogen) atoms. The van der Waals surface area contributed by atoms with Gasteiger partial charge >= 0.3 is 5.76 Å². The number of amides is 1. The van der Waals surface area contributed by atoms with Gasteiger partial charge in [-0.3, -0.25) is 9.78 Å². The molecule has 4 atom stereocenters. The molecule has 5 nitrogen and oxygen atoms in total. The number of fused-ring (bicyclic) bond motifs is 5. The highest BCUT2D eigenvalue weighted by Crippen LogP contribution is 2.59. The van der Waals surface area contributed by atoms with Gasteiger partial charge in [-0.15, -0.1) is 0 Å². The van der Waals surface area contributed by atoms with Crippen LogP contribution in [0.15, 0.2) is 27.6 Å². The van der Waals surface area contributed by atoms with Crippen molar-refractivity contribution in [1.29, 1.82) is 0 Å². The van der Waals surface area contributed by atoms with Gasteiger partial charge in [0.25, 0.3) is 5.91 Å². The number of carbonyl (C=O) groups excluding carboxylic acids is 1. The van der Waals surface area contributed by atoms with E-state index in [0.717, 1.165) is 13.1 Å². The number of aromatic nitrogens is 1. The van der Waals surface area contributed by atoms with Crippen LogP contribution in [-0.4, -0.2) is 28.9 Å². The molecular formula is C14H16N2O3. The lowest BCUT2D eigenvalue weighted by molar-refractivity contribution is 0.0759. The Kier molecular flexibility index (Phi) is 1.99. The van der Waals surface area contributed by atoms with E-state index in [1.807, 2.05) is 4.90 Å². The van der Waals surface area contributed by atoms with E-state index in [1.165, 1.54) is 12.7 Å². The molecule has 1 aromatic heterocycles. The van der Waals surface area contributed by atoms with Gasteiger partial charge < -0.3 is 9.32 Å². The molecule has 5 heteroatoms. The van der Waals surface area contributed by atoms with E-state index in [0.29, 0.717) is 17.8 Å². The zero-order valence-electron chi connectivity index (χ0n) is 10.8. The summed E-state index contributed by atoms with van der Waals surface area (Å²) in [6, 6.07) is 0. The van der Waals surface area contributed by atoms with Crippen LogP contribution in [-0.2, 0) is 0 Å². The molecule has 2 fully saturated rings. The lowest BCUT2D eigenvalue weighted by Crippen LogP contribution is -2.34. The van der Waals surface area contributed by atoms with Crippen molar-refractivity contribution in [3.8, 4) is 0 Å². The first-order valence-electron chi connectivity index (χ1n) is 6.73. The molecule has 2 aliphatic carbocycles. The van der Waals surface area contributed by atoms with Crippen LogP contribution in [0.1, 0.15) is 23.8 Å². The number of carbonyl (C=O) groups is 1. The van der Waals surface area contributed by atoms with Crippen LogP contribution in [0.25, 0.3) is 0 Å². The van der Waals surface area contributed by atoms with E-state index in [1.54, 1.807) is 0 Å². The van der Waals surface area contributed by atoms with E-state index in [4.69, 9.17) is 0 Å². The van der Waals surface area contributed by atoms with Crippen molar-refractivity contribution in [3.63, 3.8) is 0 Å². The van der Waals surface area contributed by atoms with Crippen LogP contribution in [0.3, 0.4) is 0 Å². The monoisotopic (exact) mass is 260 g/mol. The molecule has 100 valence electrons. The molecule has 1 N–H and O–H groups in total. The summed E-state index contributed by atoms with van der Waals surface area (Å²) in [6.45, 7) is 3.85. The van der Waals surface area contributed by atoms with Crippen LogP contribution >= 0.6 is 0 Å². The maximum atomic E-state index is 12.3. The third-order valence-corrected chi connectivity index (χ3v) is 5.31. The quantitative estimate of drug-likeness (QED) is 0.773. The Morgan fingerprint density at radius 3 is 3.05 bits per heavy atom. The third-order valence-electron chi connectivity index (χ3n) is 5.31. The number of hydrogen-bond donors (Lipinski definition) is 1. The molecule has 0 spiro atoms. The SMILES string of the molecule is C[C@]12CN(C(=O)c3coc(=O)[nH]3)C[C@H]1[C@H]1C=C[C@@H]2C1. The number of oxazole rings is 1. The summed E-state index contributed by atoms with van der Waals surface area (Å²) in [5.74, 6) is 1.08. The fourth-order valence-corrected chi connectivity index (χ4v) is 4.28. The average Bonchev–Trinajstić information content (AvgIpc) is 3.07. The Bertz CT molecular complexity index is 629. The van der Waals surface area contributed by atoms with Crippen molar-refractivity contribution in [2.75, 3.05) is 13.1 Å². The summed E-state index contributed by atoms with van der Waals surface area (Å²) in [5, 5.41) is 0. The Morgan fingerprint density at radius 1 is 1.53 bits per heavy atom. The van der Waals surface area contributed by atoms with Gasteiger partial charge in [-0.25, -0.2) is 4.79 Å². The van der Waals surface area contributed by atoms with Crippen LogP contribution in [0.5, 0.6) is 0 Å². The van der Waals surface area contributed by atoms with Gasteiger partial charge in [-0.2, -0.15) is 0 Å². The summed E-state index contributed by atoms with van der Waals surface area (Å²) in [5.41, 5.74) is 0.466. The fourth-order valence-electron chi connectivity index (χ4n) is 4.28. The van der Waals surface area contributed by atoms with Crippen molar-refractivity contribution in [1.82, 2.24) is 9.88 Å². The molecule has 2 heterocycles. The van der Waals surface area contributed by atoms with Gasteiger partial charge in [-0.05, 0) is 29.6 Å². The van der Waals surface area contributed by atoms with Gasteiger partial charge in [0.15, 0.2) is 0 Å². The van der Waals surface area contributed by atoms with Crippen LogP contribution in [0.4, 0.5) is 0 Å². The van der Waals surface area contributed by atoms with Crippen LogP contribution in [0, 0.1) is 23.2 Å². The number of nitrogens with one attached hydrogen (secondary N) is 1. The van der Waals surface area contributed by atoms with Gasteiger partial charge in [-0.1, -0.05) is 19.1 Å². The highest BCUT2D eigenvalue weighted by Gasteiger charge is 2.58. The zero-order valence-corrected chi connectivity index (χ0v) is 10.8. The molecule has 1 saturated carbocycles. The minimum atomic E-state index is -0.573. The number of aromatic amines is 1. The fraction of sp³-hybridized carbons (Fsp3) is 0.571. The summed E-state index contributed by atoms with van der Waals surface area (Å²) >= 11 is 0. The lowest BCUT2D eigenvalue weighted by atomic mass is 9.72. The molecule has 0 unspecified atom stereocenters. The Morgan fingerprint density at radius 2 is 2.37 bits per heavy atom. The van der Waals surface area contributed by atoms with Gasteiger partial charge in [0.05, 0.1) is 0 Å². The molecule has 1 saturated heterocycles. The van der Waals surface area contributed by atoms with Gasteiger partial charge in [0.2, 0.25) is 0 Å². The van der Waals surface area contributed by atoms with Crippen LogP contribution < -0.4 is 5.76 Å². The van der Waals surface area contributed by atoms with E-state index in [-0.39, 0.29) is 17.0 Å². The second-order valence-electron chi connectivity index (χ2n) is 6.25. The van der Waals surface area contributed by atoms with Crippen molar-refractivity contribution in [2.45, 2.75) is 13.3 Å². The molecule has 0 radical (unpaired) electrons. The predicted octanol–water partition coefficient (Wildman–Crippen LogP) is 1.25. The summed E-state index contributed by atoms with van der Waals surface area (Å²) in [4.78, 5) is 27.6. The maximum absolute atomic E-state index is 12.3. The number of hydrogen-bond acceptors (Lipinski definition) is 3. The van der Waals surface area contributed by atoms with Gasteiger partial charge in [0.1, 0.15) is 12.0 Å². The molecule has 3 aliphatic rings. The van der Waals surface area contributed by atoms with Crippen molar-refractivity contribution in [3.05, 3.63) is 34.7 Å². The number of H-pyrrole nitrogens is 1. The van der Waals surface area contributed by atoms with E-state index in [2.05, 4.69) is 28.5 Å². The average molecular weight is 260 g/mol. The minimum Gasteiger partial charge on any atom is -0.416 e. The smallest absolute Gasteiger partial charge is 0.416 e. The maximum Gasteiger partial charge on any atom is 0.416 e. The lowest BCUT2D eigenvalue weighted by Gasteiger charge is -2.31. The number of allylic oxidation sites excluding steroid dienone is 2. The summed E-state index contributed by atoms with van der Waals surface area (Å²) < 4.78 is 4.65. The molecule has 1 amide bonds. The largest absolute Gasteiger partial charge is 0.416 e. The summed E-state index contributed by atoms with van der Waals surface area (Å²) in [6.07, 6.45) is 7.08. The standard InChI is InChI=1S/C14H16N2O3/c1-14-7-16(12(17)11-6-19-13(18)15-11)5-10(14)8-2-3-9(14)4-8/h2-3,6,8-10H,4-5,7H2,1H3,(H,15,18)/t8-,9+,10-,14+/m0/s1. The Balaban J connectivity index is 1.61. The van der Waals surface area contributed by atoms with Gasteiger partial charge in [0, 0.05) is 13.1 Å². The molecule has 1 aromatic rings. The molecular weight excluding hydrogens is 244 g/mol. The van der Waals surface area contributed by atoms with E-state index >= 15 is 0 Å². The second-order valence-corrected chi connectivity index (χ2v) is 6.25. The van der Waals surface area contributed by atoms with Crippen LogP contribution in [0.2, 0.25) is 0 Å². The van der Waals surface area contributed by atoms with E-state index in [9.17, 15) is 9.59 Å². The predicted molar refractivity (Wildman–Crippen MR) is 67.6 cm³/mol. The first-order valence-corrected chi connectivity index (χ1v) is 6.73. The normalized spacial score (nSPS) is 39.0. The molecule has 1 aliphatic heterocycles. The zero-order chi connectivity index (χ0) is 13.2. The highest BCUT2D eigenvalue weighted by atomic mass is 16.4. The first-order chi connectivity index (χ1) is 9.08. The minimum absolute atomic E-state index is 0.124. The molecule has 2 bridgehead atoms. The third kappa shape index (κ3) is 1.35. The summed E-state index contributed by atoms with van der Waals surface area (Å²) in [7, 11) is 0. The Hall–Kier alpha value is -1.78. The van der Waals surface area contributed by atoms with Crippen molar-refractivity contribution >= 4 is 5.91 Å². The highest BCUT2D eigenvalue weighted by molar-refractivity contribution is 5.92. The number of likely N-dealkylation sites (tertiary alicyclic amines) is 1. The topological polar surface area (TPSA) is 66.3 Å². The second kappa shape index (κ2) is 3.40. The molecule has 0 aromatic carbocycles. The Labute approximate surface area is 110 Å². The molecule has 4 rings (SSSR count). The number of rotatable bonds is 1. The first kappa shape index (κ1) is 11.1. The van der Waals surface area contributed by atoms with Crippen molar-refractivity contribution < 1.29 is 9.21 Å². The van der Waals surface area contributed by atoms with Crippen molar-refractivity contribution in [2.24, 2.45) is 23.2 Å². The van der Waals surface area contributed by atoms with E-state index < -0.39 is 5.76 Å².